The van der Waals surface area contributed by atoms with Gasteiger partial charge >= 0.3 is 0 Å². The first-order valence-electron chi connectivity index (χ1n) is 6.12. The fourth-order valence-corrected chi connectivity index (χ4v) is 3.21. The molecular formula is C13H20N2OS. The average Bonchev–Trinajstić information content (AvgIpc) is 2.33. The molecule has 1 aliphatic rings. The SMILES string of the molecule is CC(O)c1ccc(N2CCSC(C)C2C)cn1. The molecule has 0 saturated carbocycles. The van der Waals surface area contributed by atoms with Crippen LogP contribution in [-0.2, 0) is 0 Å². The van der Waals surface area contributed by atoms with Crippen LogP contribution in [0.3, 0.4) is 0 Å². The quantitative estimate of drug-likeness (QED) is 0.877. The van der Waals surface area contributed by atoms with Crippen molar-refractivity contribution >= 4 is 17.4 Å². The molecule has 3 atom stereocenters. The van der Waals surface area contributed by atoms with Crippen molar-refractivity contribution in [3.8, 4) is 0 Å². The zero-order valence-electron chi connectivity index (χ0n) is 10.6. The van der Waals surface area contributed by atoms with Crippen LogP contribution in [0.5, 0.6) is 0 Å². The fourth-order valence-electron chi connectivity index (χ4n) is 2.11. The second-order valence-electron chi connectivity index (χ2n) is 4.63. The van der Waals surface area contributed by atoms with Gasteiger partial charge in [0.25, 0.3) is 0 Å². The molecule has 0 amide bonds. The maximum absolute atomic E-state index is 9.44. The van der Waals surface area contributed by atoms with Gasteiger partial charge in [-0.05, 0) is 26.0 Å². The van der Waals surface area contributed by atoms with E-state index in [1.54, 1.807) is 6.92 Å². The number of aromatic nitrogens is 1. The Balaban J connectivity index is 2.16. The molecule has 1 aromatic rings. The summed E-state index contributed by atoms with van der Waals surface area (Å²) in [5.41, 5.74) is 1.90. The molecule has 1 fully saturated rings. The molecule has 2 rings (SSSR count). The van der Waals surface area contributed by atoms with Crippen LogP contribution in [-0.4, -0.2) is 33.7 Å². The molecule has 3 nitrogen and oxygen atoms in total. The molecule has 2 heterocycles. The highest BCUT2D eigenvalue weighted by Crippen LogP contribution is 2.28. The molecule has 94 valence electrons. The number of thioether (sulfide) groups is 1. The molecule has 1 N–H and O–H groups in total. The summed E-state index contributed by atoms with van der Waals surface area (Å²) in [7, 11) is 0. The minimum atomic E-state index is -0.489. The Labute approximate surface area is 107 Å². The van der Waals surface area contributed by atoms with E-state index in [2.05, 4.69) is 29.8 Å². The van der Waals surface area contributed by atoms with Crippen LogP contribution in [0.15, 0.2) is 18.3 Å². The number of hydrogen-bond donors (Lipinski definition) is 1. The van der Waals surface area contributed by atoms with Gasteiger partial charge in [0.05, 0.1) is 23.7 Å². The second kappa shape index (κ2) is 5.27. The van der Waals surface area contributed by atoms with E-state index in [1.165, 1.54) is 5.75 Å². The van der Waals surface area contributed by atoms with Crippen LogP contribution in [0, 0.1) is 0 Å². The van der Waals surface area contributed by atoms with Gasteiger partial charge in [0.1, 0.15) is 0 Å². The first kappa shape index (κ1) is 12.7. The lowest BCUT2D eigenvalue weighted by molar-refractivity contribution is 0.194. The number of anilines is 1. The lowest BCUT2D eigenvalue weighted by Gasteiger charge is -2.39. The third-order valence-electron chi connectivity index (χ3n) is 3.41. The Morgan fingerprint density at radius 2 is 2.24 bits per heavy atom. The van der Waals surface area contributed by atoms with E-state index in [0.717, 1.165) is 17.9 Å². The van der Waals surface area contributed by atoms with Crippen molar-refractivity contribution in [3.63, 3.8) is 0 Å². The van der Waals surface area contributed by atoms with Crippen LogP contribution in [0.1, 0.15) is 32.6 Å². The molecule has 0 spiro atoms. The van der Waals surface area contributed by atoms with Crippen molar-refractivity contribution in [2.24, 2.45) is 0 Å². The van der Waals surface area contributed by atoms with Crippen LogP contribution < -0.4 is 4.90 Å². The van der Waals surface area contributed by atoms with Gasteiger partial charge in [-0.3, -0.25) is 4.98 Å². The van der Waals surface area contributed by atoms with Crippen molar-refractivity contribution < 1.29 is 5.11 Å². The summed E-state index contributed by atoms with van der Waals surface area (Å²) < 4.78 is 0. The third-order valence-corrected chi connectivity index (χ3v) is 4.75. The smallest absolute Gasteiger partial charge is 0.0931 e. The van der Waals surface area contributed by atoms with Gasteiger partial charge < -0.3 is 10.0 Å². The van der Waals surface area contributed by atoms with Gasteiger partial charge in [-0.25, -0.2) is 0 Å². The second-order valence-corrected chi connectivity index (χ2v) is 6.11. The highest BCUT2D eigenvalue weighted by molar-refractivity contribution is 8.00. The van der Waals surface area contributed by atoms with Crippen LogP contribution in [0.25, 0.3) is 0 Å². The zero-order chi connectivity index (χ0) is 12.4. The molecular weight excluding hydrogens is 232 g/mol. The Hall–Kier alpha value is -0.740. The van der Waals surface area contributed by atoms with E-state index >= 15 is 0 Å². The van der Waals surface area contributed by atoms with Crippen molar-refractivity contribution in [2.45, 2.75) is 38.2 Å². The number of nitrogens with zero attached hydrogens (tertiary/aromatic N) is 2. The Bertz CT molecular complexity index is 366. The van der Waals surface area contributed by atoms with E-state index < -0.39 is 6.10 Å². The van der Waals surface area contributed by atoms with Crippen molar-refractivity contribution in [2.75, 3.05) is 17.2 Å². The number of pyridine rings is 1. The number of aliphatic hydroxyl groups is 1. The standard InChI is InChI=1S/C13H20N2OS/c1-9-11(3)17-7-6-15(9)12-4-5-13(10(2)16)14-8-12/h4-5,8-11,16H,6-7H2,1-3H3. The van der Waals surface area contributed by atoms with Crippen molar-refractivity contribution in [3.05, 3.63) is 24.0 Å². The Kier molecular flexibility index (Phi) is 3.94. The first-order chi connectivity index (χ1) is 8.09. The lowest BCUT2D eigenvalue weighted by atomic mass is 10.1. The van der Waals surface area contributed by atoms with Gasteiger partial charge in [-0.1, -0.05) is 6.92 Å². The minimum Gasteiger partial charge on any atom is -0.387 e. The maximum Gasteiger partial charge on any atom is 0.0931 e. The minimum absolute atomic E-state index is 0.489. The summed E-state index contributed by atoms with van der Waals surface area (Å²) >= 11 is 2.03. The predicted molar refractivity (Wildman–Crippen MR) is 73.6 cm³/mol. The van der Waals surface area contributed by atoms with Gasteiger partial charge in [0.2, 0.25) is 0 Å². The van der Waals surface area contributed by atoms with E-state index in [-0.39, 0.29) is 0 Å². The van der Waals surface area contributed by atoms with Gasteiger partial charge in [-0.2, -0.15) is 11.8 Å². The highest BCUT2D eigenvalue weighted by Gasteiger charge is 2.25. The molecule has 0 bridgehead atoms. The van der Waals surface area contributed by atoms with Gasteiger partial charge in [0.15, 0.2) is 0 Å². The fraction of sp³-hybridized carbons (Fsp3) is 0.615. The average molecular weight is 252 g/mol. The van der Waals surface area contributed by atoms with Gasteiger partial charge in [0, 0.05) is 23.6 Å². The molecule has 0 aliphatic carbocycles. The van der Waals surface area contributed by atoms with E-state index in [9.17, 15) is 5.11 Å². The third kappa shape index (κ3) is 2.75. The molecule has 0 radical (unpaired) electrons. The normalized spacial score (nSPS) is 26.9. The zero-order valence-corrected chi connectivity index (χ0v) is 11.4. The first-order valence-corrected chi connectivity index (χ1v) is 7.16. The maximum atomic E-state index is 9.44. The highest BCUT2D eigenvalue weighted by atomic mass is 32.2. The van der Waals surface area contributed by atoms with E-state index in [4.69, 9.17) is 0 Å². The molecule has 1 aliphatic heterocycles. The summed E-state index contributed by atoms with van der Waals surface area (Å²) in [4.78, 5) is 6.72. The van der Waals surface area contributed by atoms with Crippen LogP contribution in [0.4, 0.5) is 5.69 Å². The molecule has 17 heavy (non-hydrogen) atoms. The van der Waals surface area contributed by atoms with E-state index in [0.29, 0.717) is 11.3 Å². The molecule has 1 saturated heterocycles. The summed E-state index contributed by atoms with van der Waals surface area (Å²) in [5, 5.41) is 10.1. The van der Waals surface area contributed by atoms with Gasteiger partial charge in [-0.15, -0.1) is 0 Å². The number of hydrogen-bond acceptors (Lipinski definition) is 4. The van der Waals surface area contributed by atoms with Crippen LogP contribution >= 0.6 is 11.8 Å². The van der Waals surface area contributed by atoms with E-state index in [1.807, 2.05) is 24.0 Å². The lowest BCUT2D eigenvalue weighted by Crippen LogP contribution is -2.44. The number of rotatable bonds is 2. The largest absolute Gasteiger partial charge is 0.387 e. The molecule has 0 aromatic carbocycles. The molecule has 3 unspecified atom stereocenters. The van der Waals surface area contributed by atoms with Crippen LogP contribution in [0.2, 0.25) is 0 Å². The molecule has 1 aromatic heterocycles. The number of aliphatic hydroxyl groups excluding tert-OH is 1. The Morgan fingerprint density at radius 3 is 2.82 bits per heavy atom. The predicted octanol–water partition coefficient (Wildman–Crippen LogP) is 2.47. The summed E-state index contributed by atoms with van der Waals surface area (Å²) in [6.45, 7) is 7.36. The molecule has 4 heteroatoms. The Morgan fingerprint density at radius 1 is 1.47 bits per heavy atom. The summed E-state index contributed by atoms with van der Waals surface area (Å²) in [6, 6.07) is 4.51. The summed E-state index contributed by atoms with van der Waals surface area (Å²) in [5.74, 6) is 1.17. The van der Waals surface area contributed by atoms with Crippen molar-refractivity contribution in [1.82, 2.24) is 4.98 Å². The van der Waals surface area contributed by atoms with Crippen molar-refractivity contribution in [1.29, 1.82) is 0 Å². The summed E-state index contributed by atoms with van der Waals surface area (Å²) in [6.07, 6.45) is 1.39. The topological polar surface area (TPSA) is 36.4 Å². The monoisotopic (exact) mass is 252 g/mol.